The molecule has 0 aromatic carbocycles. The predicted octanol–water partition coefficient (Wildman–Crippen LogP) is 2.59. The second kappa shape index (κ2) is 4.50. The molecule has 1 N–H and O–H groups in total. The van der Waals surface area contributed by atoms with Crippen LogP contribution in [0.5, 0.6) is 0 Å². The lowest BCUT2D eigenvalue weighted by Gasteiger charge is -2.12. The van der Waals surface area contributed by atoms with Crippen molar-refractivity contribution in [3.63, 3.8) is 0 Å². The van der Waals surface area contributed by atoms with Crippen LogP contribution in [0.2, 0.25) is 0 Å². The largest absolute Gasteiger partial charge is 0.418 e. The zero-order valence-electron chi connectivity index (χ0n) is 8.55. The van der Waals surface area contributed by atoms with Crippen LogP contribution in [-0.4, -0.2) is 20.8 Å². The van der Waals surface area contributed by atoms with E-state index < -0.39 is 12.3 Å². The van der Waals surface area contributed by atoms with E-state index >= 15 is 0 Å². The minimum Gasteiger partial charge on any atom is -0.379 e. The first-order valence-electron chi connectivity index (χ1n) is 4.74. The molecule has 2 aromatic heterocycles. The molecule has 92 valence electrons. The van der Waals surface area contributed by atoms with Gasteiger partial charge in [0.25, 0.3) is 0 Å². The number of aliphatic hydroxyl groups is 1. The van der Waals surface area contributed by atoms with Crippen LogP contribution in [0, 0.1) is 0 Å². The summed E-state index contributed by atoms with van der Waals surface area (Å²) in [5.41, 5.74) is 1.51. The number of aliphatic hydroxyl groups excluding tert-OH is 1. The molecule has 17 heavy (non-hydrogen) atoms. The third-order valence-electron chi connectivity index (χ3n) is 2.22. The maximum atomic E-state index is 12.3. The molecule has 0 fully saturated rings. The highest BCUT2D eigenvalue weighted by molar-refractivity contribution is 7.09. The Morgan fingerprint density at radius 1 is 1.47 bits per heavy atom. The summed E-state index contributed by atoms with van der Waals surface area (Å²) in [7, 11) is 0. The molecule has 1 unspecified atom stereocenters. The molecule has 2 aromatic rings. The molecule has 0 spiro atoms. The van der Waals surface area contributed by atoms with Gasteiger partial charge in [-0.25, -0.2) is 0 Å². The summed E-state index contributed by atoms with van der Waals surface area (Å²) < 4.78 is 38.3. The number of thiazole rings is 1. The van der Waals surface area contributed by atoms with E-state index in [0.29, 0.717) is 6.54 Å². The Morgan fingerprint density at radius 2 is 2.24 bits per heavy atom. The van der Waals surface area contributed by atoms with Gasteiger partial charge < -0.3 is 9.67 Å². The summed E-state index contributed by atoms with van der Waals surface area (Å²) in [5.74, 6) is 0. The standard InChI is InChI=1S/C10H9F3N2OS/c11-10(12,13)9(16)7-1-2-15(4-7)5-8-3-14-6-17-8/h1-4,6,9,16H,5H2. The molecule has 2 heterocycles. The number of halogens is 3. The van der Waals surface area contributed by atoms with Crippen molar-refractivity contribution in [1.82, 2.24) is 9.55 Å². The normalized spacial score (nSPS) is 13.9. The lowest BCUT2D eigenvalue weighted by atomic mass is 10.2. The fraction of sp³-hybridized carbons (Fsp3) is 0.300. The van der Waals surface area contributed by atoms with E-state index in [1.807, 2.05) is 0 Å². The van der Waals surface area contributed by atoms with Gasteiger partial charge in [0.1, 0.15) is 0 Å². The highest BCUT2D eigenvalue weighted by atomic mass is 32.1. The van der Waals surface area contributed by atoms with Crippen LogP contribution in [0.25, 0.3) is 0 Å². The number of hydrogen-bond acceptors (Lipinski definition) is 3. The van der Waals surface area contributed by atoms with Crippen LogP contribution in [0.15, 0.2) is 30.2 Å². The van der Waals surface area contributed by atoms with E-state index in [1.165, 1.54) is 29.8 Å². The Bertz CT molecular complexity index is 478. The van der Waals surface area contributed by atoms with Crippen molar-refractivity contribution >= 4 is 11.3 Å². The molecule has 0 amide bonds. The summed E-state index contributed by atoms with van der Waals surface area (Å²) in [6.07, 6.45) is -2.60. The van der Waals surface area contributed by atoms with E-state index in [-0.39, 0.29) is 5.56 Å². The fourth-order valence-electron chi connectivity index (χ4n) is 1.41. The highest BCUT2D eigenvalue weighted by Gasteiger charge is 2.39. The molecule has 0 saturated carbocycles. The van der Waals surface area contributed by atoms with Gasteiger partial charge in [0.15, 0.2) is 6.10 Å². The summed E-state index contributed by atoms with van der Waals surface area (Å²) in [6.45, 7) is 0.454. The Kier molecular flexibility index (Phi) is 3.21. The van der Waals surface area contributed by atoms with Gasteiger partial charge in [-0.05, 0) is 6.07 Å². The minimum absolute atomic E-state index is 0.151. The first-order valence-corrected chi connectivity index (χ1v) is 5.62. The molecule has 1 atom stereocenters. The molecule has 0 aliphatic rings. The number of alkyl halides is 3. The maximum Gasteiger partial charge on any atom is 0.418 e. The van der Waals surface area contributed by atoms with Gasteiger partial charge in [-0.2, -0.15) is 13.2 Å². The molecule has 3 nitrogen and oxygen atoms in total. The van der Waals surface area contributed by atoms with Crippen LogP contribution < -0.4 is 0 Å². The van der Waals surface area contributed by atoms with Crippen LogP contribution in [0.3, 0.4) is 0 Å². The number of hydrogen-bond donors (Lipinski definition) is 1. The Morgan fingerprint density at radius 3 is 2.82 bits per heavy atom. The van der Waals surface area contributed by atoms with Crippen molar-refractivity contribution in [1.29, 1.82) is 0 Å². The molecular weight excluding hydrogens is 253 g/mol. The summed E-state index contributed by atoms with van der Waals surface area (Å²) in [6, 6.07) is 1.26. The molecular formula is C10H9F3N2OS. The summed E-state index contributed by atoms with van der Waals surface area (Å²) in [4.78, 5) is 4.81. The average molecular weight is 262 g/mol. The van der Waals surface area contributed by atoms with Gasteiger partial charge in [-0.3, -0.25) is 4.98 Å². The zero-order valence-corrected chi connectivity index (χ0v) is 9.37. The number of aromatic nitrogens is 2. The van der Waals surface area contributed by atoms with E-state index in [4.69, 9.17) is 5.11 Å². The minimum atomic E-state index is -4.63. The lowest BCUT2D eigenvalue weighted by Crippen LogP contribution is -2.19. The van der Waals surface area contributed by atoms with Crippen LogP contribution in [0.1, 0.15) is 16.5 Å². The molecule has 7 heteroatoms. The van der Waals surface area contributed by atoms with E-state index in [2.05, 4.69) is 4.98 Å². The van der Waals surface area contributed by atoms with E-state index in [1.54, 1.807) is 16.3 Å². The predicted molar refractivity (Wildman–Crippen MR) is 56.7 cm³/mol. The zero-order chi connectivity index (χ0) is 12.5. The topological polar surface area (TPSA) is 38.0 Å². The second-order valence-electron chi connectivity index (χ2n) is 3.53. The smallest absolute Gasteiger partial charge is 0.379 e. The van der Waals surface area contributed by atoms with E-state index in [0.717, 1.165) is 4.88 Å². The van der Waals surface area contributed by atoms with Crippen LogP contribution >= 0.6 is 11.3 Å². The second-order valence-corrected chi connectivity index (χ2v) is 4.50. The summed E-state index contributed by atoms with van der Waals surface area (Å²) in [5, 5.41) is 9.05. The van der Waals surface area contributed by atoms with Crippen molar-refractivity contribution in [2.24, 2.45) is 0 Å². The van der Waals surface area contributed by atoms with E-state index in [9.17, 15) is 13.2 Å². The SMILES string of the molecule is OC(c1ccn(Cc2cncs2)c1)C(F)(F)F. The van der Waals surface area contributed by atoms with Crippen molar-refractivity contribution in [2.75, 3.05) is 0 Å². The maximum absolute atomic E-state index is 12.3. The number of rotatable bonds is 3. The van der Waals surface area contributed by atoms with Gasteiger partial charge >= 0.3 is 6.18 Å². The van der Waals surface area contributed by atoms with Crippen LogP contribution in [-0.2, 0) is 6.54 Å². The van der Waals surface area contributed by atoms with Crippen molar-refractivity contribution in [3.8, 4) is 0 Å². The molecule has 0 aliphatic carbocycles. The van der Waals surface area contributed by atoms with Gasteiger partial charge in [0, 0.05) is 29.0 Å². The molecule has 0 bridgehead atoms. The first kappa shape index (κ1) is 12.1. The molecule has 0 radical (unpaired) electrons. The highest BCUT2D eigenvalue weighted by Crippen LogP contribution is 2.32. The molecule has 0 aliphatic heterocycles. The van der Waals surface area contributed by atoms with Crippen molar-refractivity contribution in [2.45, 2.75) is 18.8 Å². The Labute approximate surface area is 99.2 Å². The third-order valence-corrected chi connectivity index (χ3v) is 2.99. The fourth-order valence-corrected chi connectivity index (χ4v) is 2.01. The first-order chi connectivity index (χ1) is 7.97. The Balaban J connectivity index is 2.11. The number of nitrogens with zero attached hydrogens (tertiary/aromatic N) is 2. The van der Waals surface area contributed by atoms with Gasteiger partial charge in [-0.1, -0.05) is 0 Å². The summed E-state index contributed by atoms with van der Waals surface area (Å²) >= 11 is 1.42. The van der Waals surface area contributed by atoms with Gasteiger partial charge in [-0.15, -0.1) is 11.3 Å². The lowest BCUT2D eigenvalue weighted by molar-refractivity contribution is -0.206. The third kappa shape index (κ3) is 2.86. The Hall–Kier alpha value is -1.34. The van der Waals surface area contributed by atoms with Crippen molar-refractivity contribution in [3.05, 3.63) is 40.6 Å². The van der Waals surface area contributed by atoms with Crippen LogP contribution in [0.4, 0.5) is 13.2 Å². The molecule has 2 rings (SSSR count). The molecule has 0 saturated heterocycles. The van der Waals surface area contributed by atoms with Gasteiger partial charge in [0.05, 0.1) is 12.1 Å². The monoisotopic (exact) mass is 262 g/mol. The quantitative estimate of drug-likeness (QED) is 0.923. The van der Waals surface area contributed by atoms with Crippen molar-refractivity contribution < 1.29 is 18.3 Å². The average Bonchev–Trinajstić information content (AvgIpc) is 2.87. The van der Waals surface area contributed by atoms with Gasteiger partial charge in [0.2, 0.25) is 0 Å².